The molecule has 6 heteroatoms. The van der Waals surface area contributed by atoms with Gasteiger partial charge in [0.1, 0.15) is 0 Å². The molecule has 1 aliphatic rings. The molecular formula is C14H18N2O4. The van der Waals surface area contributed by atoms with Crippen molar-refractivity contribution in [2.24, 2.45) is 0 Å². The molecule has 0 saturated heterocycles. The van der Waals surface area contributed by atoms with Gasteiger partial charge in [-0.05, 0) is 18.1 Å². The van der Waals surface area contributed by atoms with Crippen molar-refractivity contribution in [1.82, 2.24) is 4.90 Å². The number of amides is 2. The fraction of sp³-hybridized carbons (Fsp3) is 0.429. The van der Waals surface area contributed by atoms with Crippen LogP contribution in [0.25, 0.3) is 0 Å². The van der Waals surface area contributed by atoms with Gasteiger partial charge in [0.25, 0.3) is 0 Å². The number of aliphatic hydroxyl groups is 1. The number of para-hydroxylation sites is 1. The molecule has 20 heavy (non-hydrogen) atoms. The van der Waals surface area contributed by atoms with Crippen molar-refractivity contribution in [3.05, 3.63) is 29.8 Å². The van der Waals surface area contributed by atoms with E-state index in [1.165, 1.54) is 4.90 Å². The summed E-state index contributed by atoms with van der Waals surface area (Å²) in [4.78, 5) is 26.6. The van der Waals surface area contributed by atoms with Gasteiger partial charge in [0.05, 0.1) is 12.5 Å². The van der Waals surface area contributed by atoms with Crippen LogP contribution in [-0.4, -0.2) is 53.9 Å². The van der Waals surface area contributed by atoms with Crippen LogP contribution >= 0.6 is 0 Å². The second kappa shape index (κ2) is 5.92. The van der Waals surface area contributed by atoms with Crippen molar-refractivity contribution in [2.75, 3.05) is 31.6 Å². The summed E-state index contributed by atoms with van der Waals surface area (Å²) in [5.41, 5.74) is 1.30. The number of carbonyl (C=O) groups excluding carboxylic acids is 1. The number of aliphatic carboxylic acids is 1. The third-order valence-corrected chi connectivity index (χ3v) is 3.54. The SMILES string of the molecule is CN(CCO)C(=O)N1CCC(C(=O)O)c2ccccc21. The van der Waals surface area contributed by atoms with E-state index in [2.05, 4.69) is 0 Å². The van der Waals surface area contributed by atoms with Gasteiger partial charge in [0, 0.05) is 25.8 Å². The summed E-state index contributed by atoms with van der Waals surface area (Å²) in [5.74, 6) is -1.44. The lowest BCUT2D eigenvalue weighted by atomic mass is 9.90. The van der Waals surface area contributed by atoms with Crippen LogP contribution in [0.3, 0.4) is 0 Å². The summed E-state index contributed by atoms with van der Waals surface area (Å²) >= 11 is 0. The van der Waals surface area contributed by atoms with Crippen molar-refractivity contribution in [2.45, 2.75) is 12.3 Å². The average molecular weight is 278 g/mol. The predicted octanol–water partition coefficient (Wildman–Crippen LogP) is 1.11. The summed E-state index contributed by atoms with van der Waals surface area (Å²) < 4.78 is 0. The predicted molar refractivity (Wildman–Crippen MR) is 73.9 cm³/mol. The van der Waals surface area contributed by atoms with Gasteiger partial charge >= 0.3 is 12.0 Å². The van der Waals surface area contributed by atoms with E-state index in [1.54, 1.807) is 36.2 Å². The molecule has 2 amide bonds. The first kappa shape index (κ1) is 14.3. The molecule has 1 aromatic rings. The molecule has 0 bridgehead atoms. The maximum Gasteiger partial charge on any atom is 0.324 e. The molecule has 0 fully saturated rings. The molecule has 0 saturated carbocycles. The number of likely N-dealkylation sites (N-methyl/N-ethyl adjacent to an activating group) is 1. The van der Waals surface area contributed by atoms with Gasteiger partial charge in [0.2, 0.25) is 0 Å². The lowest BCUT2D eigenvalue weighted by Gasteiger charge is -2.35. The number of fused-ring (bicyclic) bond motifs is 1. The zero-order valence-electron chi connectivity index (χ0n) is 11.3. The third kappa shape index (κ3) is 2.60. The van der Waals surface area contributed by atoms with Crippen LogP contribution in [0.4, 0.5) is 10.5 Å². The molecule has 6 nitrogen and oxygen atoms in total. The van der Waals surface area contributed by atoms with Crippen molar-refractivity contribution < 1.29 is 19.8 Å². The number of nitrogens with zero attached hydrogens (tertiary/aromatic N) is 2. The highest BCUT2D eigenvalue weighted by Gasteiger charge is 2.33. The van der Waals surface area contributed by atoms with E-state index in [0.29, 0.717) is 24.2 Å². The minimum absolute atomic E-state index is 0.102. The van der Waals surface area contributed by atoms with Gasteiger partial charge in [-0.15, -0.1) is 0 Å². The molecule has 0 radical (unpaired) electrons. The van der Waals surface area contributed by atoms with Crippen LogP contribution in [0.5, 0.6) is 0 Å². The van der Waals surface area contributed by atoms with E-state index >= 15 is 0 Å². The fourth-order valence-corrected chi connectivity index (χ4v) is 2.47. The highest BCUT2D eigenvalue weighted by Crippen LogP contribution is 2.35. The fourth-order valence-electron chi connectivity index (χ4n) is 2.47. The smallest absolute Gasteiger partial charge is 0.324 e. The van der Waals surface area contributed by atoms with E-state index in [1.807, 2.05) is 0 Å². The van der Waals surface area contributed by atoms with E-state index in [-0.39, 0.29) is 19.2 Å². The average Bonchev–Trinajstić information content (AvgIpc) is 2.45. The van der Waals surface area contributed by atoms with E-state index in [0.717, 1.165) is 0 Å². The van der Waals surface area contributed by atoms with E-state index in [4.69, 9.17) is 5.11 Å². The number of carboxylic acids is 1. The van der Waals surface area contributed by atoms with Crippen molar-refractivity contribution in [1.29, 1.82) is 0 Å². The molecule has 1 aromatic carbocycles. The number of hydrogen-bond donors (Lipinski definition) is 2. The molecule has 1 unspecified atom stereocenters. The summed E-state index contributed by atoms with van der Waals surface area (Å²) in [7, 11) is 1.62. The first-order valence-corrected chi connectivity index (χ1v) is 6.51. The summed E-state index contributed by atoms with van der Waals surface area (Å²) in [6, 6.07) is 6.85. The van der Waals surface area contributed by atoms with Gasteiger partial charge in [-0.1, -0.05) is 18.2 Å². The maximum absolute atomic E-state index is 12.3. The highest BCUT2D eigenvalue weighted by atomic mass is 16.4. The molecule has 2 N–H and O–H groups in total. The number of anilines is 1. The van der Waals surface area contributed by atoms with Crippen LogP contribution in [0.15, 0.2) is 24.3 Å². The molecule has 1 aliphatic heterocycles. The van der Waals surface area contributed by atoms with E-state index in [9.17, 15) is 14.7 Å². The molecule has 0 aliphatic carbocycles. The van der Waals surface area contributed by atoms with Crippen LogP contribution in [0.2, 0.25) is 0 Å². The first-order chi connectivity index (χ1) is 9.56. The standard InChI is InChI=1S/C14H18N2O4/c1-15(8-9-17)14(20)16-7-6-11(13(18)19)10-4-2-3-5-12(10)16/h2-5,11,17H,6-9H2,1H3,(H,18,19). The van der Waals surface area contributed by atoms with Crippen molar-refractivity contribution >= 4 is 17.7 Å². The second-order valence-electron chi connectivity index (χ2n) is 4.82. The van der Waals surface area contributed by atoms with Crippen LogP contribution in [-0.2, 0) is 4.79 Å². The minimum Gasteiger partial charge on any atom is -0.481 e. The minimum atomic E-state index is -0.867. The lowest BCUT2D eigenvalue weighted by molar-refractivity contribution is -0.139. The normalized spacial score (nSPS) is 17.5. The van der Waals surface area contributed by atoms with Gasteiger partial charge in [0.15, 0.2) is 0 Å². The molecule has 2 rings (SSSR count). The van der Waals surface area contributed by atoms with Crippen LogP contribution < -0.4 is 4.90 Å². The Labute approximate surface area is 117 Å². The Morgan fingerprint density at radius 1 is 1.40 bits per heavy atom. The maximum atomic E-state index is 12.3. The number of rotatable bonds is 3. The molecule has 1 heterocycles. The van der Waals surface area contributed by atoms with Crippen molar-refractivity contribution in [3.8, 4) is 0 Å². The largest absolute Gasteiger partial charge is 0.481 e. The number of carboxylic acid groups (broad SMARTS) is 1. The van der Waals surface area contributed by atoms with Crippen molar-refractivity contribution in [3.63, 3.8) is 0 Å². The number of carbonyl (C=O) groups is 2. The lowest BCUT2D eigenvalue weighted by Crippen LogP contribution is -2.45. The Bertz CT molecular complexity index is 518. The molecule has 0 aromatic heterocycles. The summed E-state index contributed by atoms with van der Waals surface area (Å²) in [6.45, 7) is 0.512. The molecule has 1 atom stereocenters. The van der Waals surface area contributed by atoms with Gasteiger partial charge in [-0.3, -0.25) is 9.69 Å². The Morgan fingerprint density at radius 2 is 2.10 bits per heavy atom. The zero-order chi connectivity index (χ0) is 14.7. The molecule has 0 spiro atoms. The van der Waals surface area contributed by atoms with Gasteiger partial charge in [-0.25, -0.2) is 4.79 Å². The number of urea groups is 1. The van der Waals surface area contributed by atoms with Crippen LogP contribution in [0.1, 0.15) is 17.9 Å². The Kier molecular flexibility index (Phi) is 4.24. The molecular weight excluding hydrogens is 260 g/mol. The zero-order valence-corrected chi connectivity index (χ0v) is 11.3. The van der Waals surface area contributed by atoms with Gasteiger partial charge in [-0.2, -0.15) is 0 Å². The Morgan fingerprint density at radius 3 is 2.75 bits per heavy atom. The third-order valence-electron chi connectivity index (χ3n) is 3.54. The topological polar surface area (TPSA) is 81.1 Å². The summed E-state index contributed by atoms with van der Waals surface area (Å²) in [5, 5.41) is 18.2. The Hall–Kier alpha value is -2.08. The first-order valence-electron chi connectivity index (χ1n) is 6.51. The number of hydrogen-bond acceptors (Lipinski definition) is 3. The monoisotopic (exact) mass is 278 g/mol. The van der Waals surface area contributed by atoms with Crippen LogP contribution in [0, 0.1) is 0 Å². The number of aliphatic hydroxyl groups excluding tert-OH is 1. The Balaban J connectivity index is 2.32. The van der Waals surface area contributed by atoms with E-state index < -0.39 is 11.9 Å². The highest BCUT2D eigenvalue weighted by molar-refractivity contribution is 5.95. The molecule has 108 valence electrons. The second-order valence-corrected chi connectivity index (χ2v) is 4.82. The summed E-state index contributed by atoms with van der Waals surface area (Å²) in [6.07, 6.45) is 0.394. The number of benzene rings is 1. The quantitative estimate of drug-likeness (QED) is 0.868. The van der Waals surface area contributed by atoms with Gasteiger partial charge < -0.3 is 15.1 Å².